The maximum atomic E-state index is 13.4. The first-order valence-electron chi connectivity index (χ1n) is 48.3. The standard InChI is InChI=1S/C23H27N3.C23H26N3.C23H29NO2.C19H20N3.C14H15NO2.C13H13NO2.Pt/c2*1-13(2)15-8-6-7-14-12-24-18(11-16(14)15)20-19-17-9-10-23(5,22(17,3)4)21(19)26-25-20;1-13(2)15-8-6-7-14-12-24-18(11-16(14)15)20(25)19-17-9-10-23(5,21(19)26)22(17,3)4;1-12(2)14-8-5-6-13-11-20-18(10-16(13)14)19-15-7-3-4-9-17(15)21-22-19;1-9(2)11-6-4-5-10-8-15-13(7-12(10)11)14(16)17-3;1-8(2)10-5-3-4-9-7-14-12(13(15)16)6-11(9)10;/h6-8,11-13,17H,9-10H2,1-5H3,(H,25,26);6-8,11-13,17H,9-10H2,1-5H3;6-8,11-13,17,19,21,26H,9-10H2,1-5H3;5-6,8,10-12H,3-4,7,9H2,1-2H3;4-9H,1-3H3;3-8H,1-2H3,(H,15,16);/q;-1;;-1;;;+2. The molecule has 0 aliphatic heterocycles. The third kappa shape index (κ3) is 16.5. The Bertz CT molecular complexity index is 6840. The zero-order valence-corrected chi connectivity index (χ0v) is 84.3. The van der Waals surface area contributed by atoms with E-state index in [1.54, 1.807) is 30.7 Å². The zero-order chi connectivity index (χ0) is 94.6. The number of aliphatic hydroxyl groups excluding tert-OH is 1. The van der Waals surface area contributed by atoms with Crippen LogP contribution in [0.4, 0.5) is 0 Å². The Morgan fingerprint density at radius 2 is 0.813 bits per heavy atom. The number of ether oxygens (including phenoxy) is 1. The first-order valence-corrected chi connectivity index (χ1v) is 48.3. The van der Waals surface area contributed by atoms with Crippen molar-refractivity contribution in [3.05, 3.63) is 267 Å². The van der Waals surface area contributed by atoms with Crippen molar-refractivity contribution in [3.63, 3.8) is 0 Å². The second kappa shape index (κ2) is 37.1. The van der Waals surface area contributed by atoms with Crippen LogP contribution in [0.1, 0.15) is 343 Å². The largest absolute Gasteiger partial charge is 2.00 e. The number of aromatic nitrogens is 12. The number of pyridine rings is 6. The molecule has 22 rings (SSSR count). The van der Waals surface area contributed by atoms with E-state index in [9.17, 15) is 19.5 Å². The molecule has 7 aliphatic rings. The molecule has 0 amide bonds. The molecule has 3 N–H and O–H groups in total. The molecule has 0 saturated heterocycles. The number of Topliss-reactive ketones (excluding diaryl/α,β-unsaturated/α-hetero) is 1. The zero-order valence-electron chi connectivity index (χ0n) is 82.0. The van der Waals surface area contributed by atoms with Gasteiger partial charge >= 0.3 is 33.0 Å². The Labute approximate surface area is 803 Å². The van der Waals surface area contributed by atoms with Gasteiger partial charge in [-0.15, -0.1) is 0 Å². The number of aryl methyl sites for hydroxylation is 1. The number of carboxylic acids is 1. The first kappa shape index (κ1) is 95.8. The average Bonchev–Trinajstić information content (AvgIpc) is 1.53. The van der Waals surface area contributed by atoms with Crippen LogP contribution in [0.3, 0.4) is 0 Å². The summed E-state index contributed by atoms with van der Waals surface area (Å²) in [4.78, 5) is 62.4. The van der Waals surface area contributed by atoms with Crippen LogP contribution in [0, 0.1) is 33.5 Å². The van der Waals surface area contributed by atoms with Crippen LogP contribution in [-0.4, -0.2) is 91.4 Å². The number of carbonyl (C=O) groups excluding carboxylic acids is 2. The fourth-order valence-electron chi connectivity index (χ4n) is 23.9. The third-order valence-corrected chi connectivity index (χ3v) is 33.0. The number of methoxy groups -OCH3 is 1. The van der Waals surface area contributed by atoms with Crippen LogP contribution < -0.4 is 10.2 Å². The molecule has 9 heterocycles. The quantitative estimate of drug-likeness (QED) is 0.0716. The number of ketones is 1. The number of esters is 1. The summed E-state index contributed by atoms with van der Waals surface area (Å²) >= 11 is 0. The molecule has 4 fully saturated rings. The van der Waals surface area contributed by atoms with Gasteiger partial charge in [0, 0.05) is 103 Å². The van der Waals surface area contributed by atoms with E-state index in [1.165, 1.54) is 140 Å². The molecule has 0 spiro atoms. The Balaban J connectivity index is 0.000000118. The molecule has 134 heavy (non-hydrogen) atoms. The van der Waals surface area contributed by atoms with Crippen molar-refractivity contribution in [3.8, 4) is 34.2 Å². The smallest absolute Gasteiger partial charge is 0.573 e. The number of aromatic amines is 1. The Kier molecular flexibility index (Phi) is 26.5. The maximum Gasteiger partial charge on any atom is 2.00 e. The van der Waals surface area contributed by atoms with Crippen LogP contribution in [-0.2, 0) is 49.5 Å². The molecule has 9 aromatic heterocycles. The first-order chi connectivity index (χ1) is 63.3. The van der Waals surface area contributed by atoms with Gasteiger partial charge in [-0.05, 0) is 252 Å². The molecule has 696 valence electrons. The number of benzene rings is 6. The maximum absolute atomic E-state index is 13.4. The van der Waals surface area contributed by atoms with Crippen LogP contribution in [0.2, 0.25) is 0 Å². The van der Waals surface area contributed by atoms with Gasteiger partial charge < -0.3 is 35.3 Å². The molecule has 15 aromatic rings. The number of carboxylic acid groups (broad SMARTS) is 1. The van der Waals surface area contributed by atoms with Crippen molar-refractivity contribution in [2.45, 2.75) is 274 Å². The minimum absolute atomic E-state index is 0. The Morgan fingerprint density at radius 3 is 1.26 bits per heavy atom. The van der Waals surface area contributed by atoms with E-state index < -0.39 is 18.0 Å². The molecule has 19 heteroatoms. The number of hydrogen-bond acceptors (Lipinski definition) is 14. The normalized spacial score (nSPS) is 21.5. The monoisotopic (exact) mass is 1970 g/mol. The van der Waals surface area contributed by atoms with Crippen molar-refractivity contribution in [2.75, 3.05) is 7.11 Å². The summed E-state index contributed by atoms with van der Waals surface area (Å²) in [6.07, 6.45) is 22.1. The fourth-order valence-corrected chi connectivity index (χ4v) is 23.9. The van der Waals surface area contributed by atoms with Gasteiger partial charge in [0.1, 0.15) is 22.8 Å². The van der Waals surface area contributed by atoms with Gasteiger partial charge in [-0.25, -0.2) is 19.6 Å². The molecule has 6 aromatic carbocycles. The van der Waals surface area contributed by atoms with Crippen LogP contribution in [0.15, 0.2) is 183 Å². The Morgan fingerprint density at radius 1 is 0.433 bits per heavy atom. The van der Waals surface area contributed by atoms with Gasteiger partial charge in [0.2, 0.25) is 0 Å². The van der Waals surface area contributed by atoms with E-state index in [1.807, 2.05) is 67.1 Å². The van der Waals surface area contributed by atoms with E-state index >= 15 is 0 Å². The van der Waals surface area contributed by atoms with Gasteiger partial charge in [0.05, 0.1) is 36.2 Å². The molecule has 4 saturated carbocycles. The number of fused-ring (bicyclic) bond motifs is 19. The van der Waals surface area contributed by atoms with Gasteiger partial charge in [-0.3, -0.25) is 29.8 Å². The molecule has 6 bridgehead atoms. The molecule has 8 atom stereocenters. The van der Waals surface area contributed by atoms with E-state index in [4.69, 9.17) is 20.2 Å². The van der Waals surface area contributed by atoms with Crippen LogP contribution >= 0.6 is 0 Å². The average molecular weight is 1970 g/mol. The van der Waals surface area contributed by atoms with Crippen molar-refractivity contribution >= 4 is 82.4 Å². The summed E-state index contributed by atoms with van der Waals surface area (Å²) in [5.74, 6) is 2.29. The van der Waals surface area contributed by atoms with Crippen LogP contribution in [0.5, 0.6) is 0 Å². The third-order valence-electron chi connectivity index (χ3n) is 33.0. The number of carbonyl (C=O) groups is 3. The van der Waals surface area contributed by atoms with E-state index in [-0.39, 0.29) is 76.9 Å². The second-order valence-electron chi connectivity index (χ2n) is 42.8. The van der Waals surface area contributed by atoms with Gasteiger partial charge in [-0.2, -0.15) is 5.10 Å². The van der Waals surface area contributed by atoms with E-state index in [2.05, 4.69) is 280 Å². The van der Waals surface area contributed by atoms with Crippen molar-refractivity contribution in [2.24, 2.45) is 33.5 Å². The number of H-pyrrole nitrogens is 1. The summed E-state index contributed by atoms with van der Waals surface area (Å²) in [5, 5.41) is 59.9. The summed E-state index contributed by atoms with van der Waals surface area (Å²) in [5.41, 5.74) is 23.3. The van der Waals surface area contributed by atoms with Gasteiger partial charge in [-0.1, -0.05) is 266 Å². The number of rotatable bonds is 13. The molecule has 8 unspecified atom stereocenters. The summed E-state index contributed by atoms with van der Waals surface area (Å²) in [7, 11) is 1.36. The number of aromatic carboxylic acids is 1. The number of aliphatic hydroxyl groups is 1. The second-order valence-corrected chi connectivity index (χ2v) is 42.8. The summed E-state index contributed by atoms with van der Waals surface area (Å²) in [6.45, 7) is 47.3. The minimum Gasteiger partial charge on any atom is -0.573 e. The molecular formula is C115H130N12O6Pt. The number of nitrogens with zero attached hydrogens (tertiary/aromatic N) is 11. The van der Waals surface area contributed by atoms with Crippen molar-refractivity contribution in [1.29, 1.82) is 0 Å². The Hall–Kier alpha value is -11.3. The summed E-state index contributed by atoms with van der Waals surface area (Å²) < 4.78 is 4.68. The number of hydrogen-bond donors (Lipinski definition) is 3. The SMILES string of the molecule is CC(C)c1cccc2cnc(-c3[n-]nc4c3C3CCC4(C)C3(C)C)cc12.CC(C)c1cccc2cnc(-c3[n-]nc4c3CCCC4)cc12.CC(C)c1cccc2cnc(-c3n[nH]c4c3C3CCC4(C)C3(C)C)cc12.CC(C)c1cccc2cnc(C(=O)C3C4CCC(C)(C3O)C4(C)C)cc12.CC(C)c1cccc2cnc(C(=O)O)cc12.COC(=O)c1cc2c(C(C)C)cccc2cn1.[Pt+2]. The predicted molar refractivity (Wildman–Crippen MR) is 535 cm³/mol. The summed E-state index contributed by atoms with van der Waals surface area (Å²) in [6, 6.07) is 49.8. The van der Waals surface area contributed by atoms with E-state index in [0.29, 0.717) is 58.7 Å². The molecule has 18 nitrogen and oxygen atoms in total. The molecule has 0 radical (unpaired) electrons. The predicted octanol–water partition coefficient (Wildman–Crippen LogP) is 26.9. The molecular weight excluding hydrogens is 1840 g/mol. The van der Waals surface area contributed by atoms with Crippen molar-refractivity contribution in [1.82, 2.24) is 60.5 Å². The fraction of sp³-hybridized carbons (Fsp3) is 0.426. The number of nitrogens with one attached hydrogen (secondary N) is 1. The minimum atomic E-state index is -0.986. The topological polar surface area (TPSA) is 261 Å². The van der Waals surface area contributed by atoms with Gasteiger partial charge in [0.25, 0.3) is 0 Å². The van der Waals surface area contributed by atoms with E-state index in [0.717, 1.165) is 97.7 Å². The van der Waals surface area contributed by atoms with Crippen molar-refractivity contribution < 1.29 is 50.4 Å². The van der Waals surface area contributed by atoms with Crippen LogP contribution in [0.25, 0.3) is 98.8 Å². The van der Waals surface area contributed by atoms with Gasteiger partial charge in [0.15, 0.2) is 5.78 Å². The molecule has 7 aliphatic carbocycles.